The van der Waals surface area contributed by atoms with Gasteiger partial charge in [0.1, 0.15) is 23.2 Å². The van der Waals surface area contributed by atoms with E-state index in [1.807, 2.05) is 36.4 Å². The zero-order valence-electron chi connectivity index (χ0n) is 15.8. The van der Waals surface area contributed by atoms with Crippen LogP contribution in [0.1, 0.15) is 24.1 Å². The number of carboxylic acids is 1. The molecule has 0 saturated heterocycles. The van der Waals surface area contributed by atoms with E-state index in [2.05, 4.69) is 23.2 Å². The van der Waals surface area contributed by atoms with Crippen LogP contribution in [0.4, 0.5) is 24.7 Å². The van der Waals surface area contributed by atoms with Crippen molar-refractivity contribution in [3.8, 4) is 28.8 Å². The zero-order valence-corrected chi connectivity index (χ0v) is 15.8. The number of halogens is 3. The number of carbonyl (C=O) groups is 1. The highest BCUT2D eigenvalue weighted by Crippen LogP contribution is 2.41. The molecule has 1 aromatic heterocycles. The fraction of sp³-hybridized carbons (Fsp3) is 0.136. The largest absolute Gasteiger partial charge is 0.490 e. The highest BCUT2D eigenvalue weighted by molar-refractivity contribution is 5.74. The predicted octanol–water partition coefficient (Wildman–Crippen LogP) is 4.75. The van der Waals surface area contributed by atoms with Crippen LogP contribution in [-0.4, -0.2) is 22.2 Å². The number of nitrogen functional groups attached to an aromatic ring is 2. The van der Waals surface area contributed by atoms with Crippen molar-refractivity contribution in [3.05, 3.63) is 65.2 Å². The maximum absolute atomic E-state index is 10.6. The average Bonchev–Trinajstić information content (AvgIpc) is 2.73. The SMILES string of the molecule is C.N#Cc1c(N)nc2c(c1N)Cc1cc(-c3ccccc3)ccc1O2.O=C(O)C(F)(F)F. The number of pyridine rings is 1. The van der Waals surface area contributed by atoms with Gasteiger partial charge in [-0.2, -0.15) is 23.4 Å². The molecule has 0 atom stereocenters. The number of nitrogens with two attached hydrogens (primary N) is 2. The number of aromatic nitrogens is 1. The Morgan fingerprint density at radius 3 is 2.31 bits per heavy atom. The first-order chi connectivity index (χ1) is 14.6. The Morgan fingerprint density at radius 2 is 1.75 bits per heavy atom. The van der Waals surface area contributed by atoms with Gasteiger partial charge in [0.15, 0.2) is 0 Å². The molecule has 0 fully saturated rings. The van der Waals surface area contributed by atoms with Gasteiger partial charge in [-0.1, -0.05) is 43.8 Å². The van der Waals surface area contributed by atoms with Crippen LogP contribution in [0.25, 0.3) is 11.1 Å². The third-order valence-electron chi connectivity index (χ3n) is 4.43. The van der Waals surface area contributed by atoms with E-state index >= 15 is 0 Å². The van der Waals surface area contributed by atoms with E-state index in [4.69, 9.17) is 26.1 Å². The standard InChI is InChI=1S/C19H14N4O.C2HF3O2.CH4/c20-10-15-17(21)14-9-13-8-12(11-4-2-1-3-5-11)6-7-16(13)24-19(14)23-18(15)22;3-2(4,5)1(6)7;/h1-8H,9H2,(H4,21,22,23);(H,6,7);1H4. The van der Waals surface area contributed by atoms with E-state index in [-0.39, 0.29) is 18.8 Å². The van der Waals surface area contributed by atoms with Crippen molar-refractivity contribution in [1.82, 2.24) is 4.98 Å². The summed E-state index contributed by atoms with van der Waals surface area (Å²) < 4.78 is 37.6. The number of hydrogen-bond acceptors (Lipinski definition) is 6. The maximum atomic E-state index is 10.6. The van der Waals surface area contributed by atoms with Crippen LogP contribution in [0, 0.1) is 11.3 Å². The first-order valence-electron chi connectivity index (χ1n) is 8.76. The highest BCUT2D eigenvalue weighted by atomic mass is 19.4. The van der Waals surface area contributed by atoms with Crippen LogP contribution < -0.4 is 16.2 Å². The maximum Gasteiger partial charge on any atom is 0.490 e. The summed E-state index contributed by atoms with van der Waals surface area (Å²) in [5, 5.41) is 16.3. The van der Waals surface area contributed by atoms with Crippen LogP contribution in [0.3, 0.4) is 0 Å². The summed E-state index contributed by atoms with van der Waals surface area (Å²) in [5.74, 6) is -1.55. The quantitative estimate of drug-likeness (QED) is 0.385. The molecule has 7 nitrogen and oxygen atoms in total. The van der Waals surface area contributed by atoms with Crippen molar-refractivity contribution in [2.24, 2.45) is 0 Å². The lowest BCUT2D eigenvalue weighted by molar-refractivity contribution is -0.192. The summed E-state index contributed by atoms with van der Waals surface area (Å²) >= 11 is 0. The van der Waals surface area contributed by atoms with Gasteiger partial charge in [-0.15, -0.1) is 0 Å². The molecule has 3 aromatic rings. The van der Waals surface area contributed by atoms with Gasteiger partial charge in [-0.3, -0.25) is 0 Å². The Kier molecular flexibility index (Phi) is 6.95. The van der Waals surface area contributed by atoms with Crippen LogP contribution >= 0.6 is 0 Å². The summed E-state index contributed by atoms with van der Waals surface area (Å²) in [7, 11) is 0. The predicted molar refractivity (Wildman–Crippen MR) is 113 cm³/mol. The fourth-order valence-corrected chi connectivity index (χ4v) is 2.93. The Labute approximate surface area is 181 Å². The molecule has 32 heavy (non-hydrogen) atoms. The molecule has 5 N–H and O–H groups in total. The van der Waals surface area contributed by atoms with E-state index in [0.29, 0.717) is 23.6 Å². The molecule has 0 radical (unpaired) electrons. The highest BCUT2D eigenvalue weighted by Gasteiger charge is 2.38. The molecule has 2 heterocycles. The lowest BCUT2D eigenvalue weighted by Gasteiger charge is -2.22. The minimum atomic E-state index is -5.08. The Bertz CT molecular complexity index is 1190. The van der Waals surface area contributed by atoms with Crippen molar-refractivity contribution < 1.29 is 27.8 Å². The van der Waals surface area contributed by atoms with E-state index in [1.54, 1.807) is 0 Å². The van der Waals surface area contributed by atoms with Crippen LogP contribution in [0.5, 0.6) is 11.6 Å². The number of alkyl halides is 3. The molecule has 0 bridgehead atoms. The third kappa shape index (κ3) is 4.89. The fourth-order valence-electron chi connectivity index (χ4n) is 2.93. The molecule has 0 spiro atoms. The second kappa shape index (κ2) is 9.26. The lowest BCUT2D eigenvalue weighted by Crippen LogP contribution is -2.21. The van der Waals surface area contributed by atoms with Gasteiger partial charge in [-0.25, -0.2) is 4.79 Å². The van der Waals surface area contributed by atoms with Gasteiger partial charge in [0.05, 0.1) is 5.69 Å². The van der Waals surface area contributed by atoms with Crippen molar-refractivity contribution in [1.29, 1.82) is 5.26 Å². The molecule has 0 aliphatic carbocycles. The molecule has 0 unspecified atom stereocenters. The van der Waals surface area contributed by atoms with Gasteiger partial charge in [0, 0.05) is 17.5 Å². The normalized spacial score (nSPS) is 11.3. The minimum absolute atomic E-state index is 0. The first-order valence-corrected chi connectivity index (χ1v) is 8.76. The number of nitriles is 1. The number of carboxylic acid groups (broad SMARTS) is 1. The van der Waals surface area contributed by atoms with Gasteiger partial charge in [-0.05, 0) is 23.3 Å². The monoisotopic (exact) mass is 444 g/mol. The second-order valence-corrected chi connectivity index (χ2v) is 6.45. The van der Waals surface area contributed by atoms with E-state index in [9.17, 15) is 18.4 Å². The second-order valence-electron chi connectivity index (χ2n) is 6.45. The minimum Gasteiger partial charge on any atom is -0.475 e. The molecule has 0 saturated carbocycles. The molecule has 10 heteroatoms. The number of hydrogen-bond donors (Lipinski definition) is 3. The lowest BCUT2D eigenvalue weighted by atomic mass is 9.95. The summed E-state index contributed by atoms with van der Waals surface area (Å²) in [4.78, 5) is 13.1. The number of rotatable bonds is 1. The molecular weight excluding hydrogens is 425 g/mol. The molecular formula is C22H19F3N4O3. The molecule has 1 aliphatic rings. The summed E-state index contributed by atoms with van der Waals surface area (Å²) in [6.07, 6.45) is -4.53. The topological polar surface area (TPSA) is 135 Å². The Hall–Kier alpha value is -4.26. The number of nitrogens with zero attached hydrogens (tertiary/aromatic N) is 2. The van der Waals surface area contributed by atoms with E-state index in [1.165, 1.54) is 0 Å². The Balaban J connectivity index is 0.000000398. The van der Waals surface area contributed by atoms with Crippen LogP contribution in [0.15, 0.2) is 48.5 Å². The van der Waals surface area contributed by atoms with Gasteiger partial charge >= 0.3 is 12.1 Å². The van der Waals surface area contributed by atoms with Gasteiger partial charge in [0.2, 0.25) is 5.88 Å². The van der Waals surface area contributed by atoms with Crippen molar-refractivity contribution >= 4 is 17.5 Å². The molecule has 4 rings (SSSR count). The summed E-state index contributed by atoms with van der Waals surface area (Å²) in [6, 6.07) is 18.1. The first kappa shape index (κ1) is 24.0. The smallest absolute Gasteiger partial charge is 0.475 e. The van der Waals surface area contributed by atoms with E-state index < -0.39 is 12.1 Å². The van der Waals surface area contributed by atoms with E-state index in [0.717, 1.165) is 22.4 Å². The van der Waals surface area contributed by atoms with Gasteiger partial charge in [0.25, 0.3) is 0 Å². The molecule has 2 aromatic carbocycles. The summed E-state index contributed by atoms with van der Waals surface area (Å²) in [6.45, 7) is 0. The Morgan fingerprint density at radius 1 is 1.12 bits per heavy atom. The number of ether oxygens (including phenoxy) is 1. The average molecular weight is 444 g/mol. The number of anilines is 2. The third-order valence-corrected chi connectivity index (χ3v) is 4.43. The van der Waals surface area contributed by atoms with Crippen molar-refractivity contribution in [3.63, 3.8) is 0 Å². The summed E-state index contributed by atoms with van der Waals surface area (Å²) in [5.41, 5.74) is 16.4. The van der Waals surface area contributed by atoms with Gasteiger partial charge < -0.3 is 21.3 Å². The number of fused-ring (bicyclic) bond motifs is 2. The number of benzene rings is 2. The van der Waals surface area contributed by atoms with Crippen molar-refractivity contribution in [2.45, 2.75) is 20.0 Å². The number of aliphatic carboxylic acids is 1. The molecule has 166 valence electrons. The zero-order chi connectivity index (χ0) is 22.8. The molecule has 1 aliphatic heterocycles. The van der Waals surface area contributed by atoms with Crippen molar-refractivity contribution in [2.75, 3.05) is 11.5 Å². The van der Waals surface area contributed by atoms with Crippen LogP contribution in [0.2, 0.25) is 0 Å². The molecule has 0 amide bonds. The van der Waals surface area contributed by atoms with Crippen LogP contribution in [-0.2, 0) is 11.2 Å².